The number of aliphatic hydroxyl groups excluding tert-OH is 2. The number of ether oxygens (including phenoxy) is 1. The third kappa shape index (κ3) is 3.91. The van der Waals surface area contributed by atoms with Crippen LogP contribution in [-0.2, 0) is 4.74 Å². The Morgan fingerprint density at radius 1 is 1.09 bits per heavy atom. The maximum Gasteiger partial charge on any atom is 0.407 e. The predicted molar refractivity (Wildman–Crippen MR) is 121 cm³/mol. The fraction of sp³-hybridized carbons (Fsp3) is 0.217. The molecule has 2 heterocycles. The summed E-state index contributed by atoms with van der Waals surface area (Å²) in [6.45, 7) is -0.0969. The molecule has 2 atom stereocenters. The fourth-order valence-electron chi connectivity index (χ4n) is 4.20. The normalized spacial score (nSPS) is 14.5. The second-order valence-electron chi connectivity index (χ2n) is 7.72. The molecule has 2 unspecified atom stereocenters. The largest absolute Gasteiger partial charge is 0.449 e. The van der Waals surface area contributed by atoms with Crippen molar-refractivity contribution >= 4 is 28.7 Å². The summed E-state index contributed by atoms with van der Waals surface area (Å²) >= 11 is 6.06. The number of halogens is 1. The first-order chi connectivity index (χ1) is 16.0. The van der Waals surface area contributed by atoms with E-state index in [1.54, 1.807) is 0 Å². The Labute approximate surface area is 193 Å². The number of rotatable bonds is 6. The maximum atomic E-state index is 12.3. The van der Waals surface area contributed by atoms with E-state index in [9.17, 15) is 15.0 Å². The Balaban J connectivity index is 1.21. The molecule has 168 valence electrons. The lowest BCUT2D eigenvalue weighted by Crippen LogP contribution is -2.36. The number of aromatic amines is 1. The highest BCUT2D eigenvalue weighted by Gasteiger charge is 2.29. The topological polar surface area (TPSA) is 133 Å². The van der Waals surface area contributed by atoms with E-state index in [-0.39, 0.29) is 35.6 Å². The molecule has 0 radical (unpaired) electrons. The van der Waals surface area contributed by atoms with E-state index in [2.05, 4.69) is 37.6 Å². The van der Waals surface area contributed by atoms with Crippen molar-refractivity contribution in [3.63, 3.8) is 0 Å². The highest BCUT2D eigenvalue weighted by Crippen LogP contribution is 2.44. The molecule has 0 saturated carbocycles. The van der Waals surface area contributed by atoms with Crippen LogP contribution >= 0.6 is 11.6 Å². The van der Waals surface area contributed by atoms with Crippen LogP contribution in [0, 0.1) is 0 Å². The van der Waals surface area contributed by atoms with Gasteiger partial charge in [0.1, 0.15) is 30.3 Å². The van der Waals surface area contributed by atoms with Crippen molar-refractivity contribution in [3.05, 3.63) is 76.8 Å². The minimum absolute atomic E-state index is 0.0721. The van der Waals surface area contributed by atoms with Gasteiger partial charge in [0.2, 0.25) is 0 Å². The average Bonchev–Trinajstić information content (AvgIpc) is 3.41. The van der Waals surface area contributed by atoms with E-state index in [1.165, 1.54) is 6.33 Å². The molecule has 4 aromatic rings. The second-order valence-corrected chi connectivity index (χ2v) is 8.08. The molecule has 1 aliphatic carbocycles. The zero-order valence-corrected chi connectivity index (χ0v) is 18.0. The molecule has 33 heavy (non-hydrogen) atoms. The minimum Gasteiger partial charge on any atom is -0.449 e. The molecule has 10 heteroatoms. The molecule has 0 bridgehead atoms. The Kier molecular flexibility index (Phi) is 5.67. The van der Waals surface area contributed by atoms with Gasteiger partial charge in [-0.25, -0.2) is 14.8 Å². The van der Waals surface area contributed by atoms with Gasteiger partial charge in [0.15, 0.2) is 5.65 Å². The number of aliphatic hydroxyl groups is 2. The third-order valence-electron chi connectivity index (χ3n) is 5.79. The van der Waals surface area contributed by atoms with Crippen LogP contribution < -0.4 is 5.32 Å². The van der Waals surface area contributed by atoms with Crippen LogP contribution in [0.1, 0.15) is 28.8 Å². The van der Waals surface area contributed by atoms with Gasteiger partial charge in [0.05, 0.1) is 11.1 Å². The molecule has 0 fully saturated rings. The van der Waals surface area contributed by atoms with E-state index in [1.807, 2.05) is 36.4 Å². The molecule has 0 saturated heterocycles. The number of H-pyrrole nitrogens is 1. The number of hydrogen-bond acceptors (Lipinski definition) is 7. The smallest absolute Gasteiger partial charge is 0.407 e. The fourth-order valence-corrected chi connectivity index (χ4v) is 4.43. The first-order valence-corrected chi connectivity index (χ1v) is 10.7. The van der Waals surface area contributed by atoms with Gasteiger partial charge in [-0.05, 0) is 22.3 Å². The van der Waals surface area contributed by atoms with Crippen LogP contribution in [-0.4, -0.2) is 55.7 Å². The molecular formula is C23H20ClN5O4. The zero-order chi connectivity index (χ0) is 22.9. The van der Waals surface area contributed by atoms with Gasteiger partial charge in [-0.1, -0.05) is 60.1 Å². The van der Waals surface area contributed by atoms with Crippen LogP contribution in [0.25, 0.3) is 22.2 Å². The third-order valence-corrected chi connectivity index (χ3v) is 6.08. The second kappa shape index (κ2) is 8.78. The van der Waals surface area contributed by atoms with Gasteiger partial charge in [-0.15, -0.1) is 0 Å². The van der Waals surface area contributed by atoms with Crippen LogP contribution in [0.4, 0.5) is 4.79 Å². The van der Waals surface area contributed by atoms with Crippen molar-refractivity contribution in [2.75, 3.05) is 13.2 Å². The summed E-state index contributed by atoms with van der Waals surface area (Å²) in [5, 5.41) is 30.3. The lowest BCUT2D eigenvalue weighted by atomic mass is 9.98. The number of carbonyl (C=O) groups excluding carboxylic acids is 1. The van der Waals surface area contributed by atoms with E-state index < -0.39 is 18.3 Å². The van der Waals surface area contributed by atoms with Gasteiger partial charge in [-0.2, -0.15) is 5.10 Å². The Morgan fingerprint density at radius 3 is 2.45 bits per heavy atom. The number of hydrogen-bond donors (Lipinski definition) is 4. The summed E-state index contributed by atoms with van der Waals surface area (Å²) in [6, 6.07) is 16.1. The van der Waals surface area contributed by atoms with Gasteiger partial charge in [-0.3, -0.25) is 5.10 Å². The quantitative estimate of drug-likeness (QED) is 0.322. The lowest BCUT2D eigenvalue weighted by Gasteiger charge is -2.18. The first-order valence-electron chi connectivity index (χ1n) is 10.3. The molecule has 9 nitrogen and oxygen atoms in total. The van der Waals surface area contributed by atoms with Crippen LogP contribution in [0.15, 0.2) is 54.9 Å². The number of alkyl carbamates (subject to hydrolysis) is 1. The number of nitrogens with zero attached hydrogens (tertiary/aromatic N) is 3. The van der Waals surface area contributed by atoms with E-state index >= 15 is 0 Å². The lowest BCUT2D eigenvalue weighted by molar-refractivity contribution is 0.0168. The number of benzene rings is 2. The van der Waals surface area contributed by atoms with Crippen molar-refractivity contribution in [2.24, 2.45) is 0 Å². The van der Waals surface area contributed by atoms with Crippen molar-refractivity contribution < 1.29 is 19.7 Å². The van der Waals surface area contributed by atoms with Gasteiger partial charge < -0.3 is 20.3 Å². The number of nitrogens with one attached hydrogen (secondary N) is 2. The monoisotopic (exact) mass is 465 g/mol. The Hall–Kier alpha value is -3.53. The number of aromatic nitrogens is 4. The zero-order valence-electron chi connectivity index (χ0n) is 17.3. The highest BCUT2D eigenvalue weighted by atomic mass is 35.5. The summed E-state index contributed by atoms with van der Waals surface area (Å²) in [4.78, 5) is 20.1. The van der Waals surface area contributed by atoms with E-state index in [0.29, 0.717) is 5.39 Å². The summed E-state index contributed by atoms with van der Waals surface area (Å²) in [7, 11) is 0. The van der Waals surface area contributed by atoms with Crippen LogP contribution in [0.5, 0.6) is 0 Å². The highest BCUT2D eigenvalue weighted by molar-refractivity contribution is 6.34. The number of amides is 1. The van der Waals surface area contributed by atoms with Crippen molar-refractivity contribution in [3.8, 4) is 11.1 Å². The minimum atomic E-state index is -1.40. The first kappa shape index (κ1) is 21.3. The molecule has 4 N–H and O–H groups in total. The molecular weight excluding hydrogens is 446 g/mol. The summed E-state index contributed by atoms with van der Waals surface area (Å²) in [5.74, 6) is -0.0721. The van der Waals surface area contributed by atoms with Gasteiger partial charge in [0, 0.05) is 12.5 Å². The molecule has 2 aromatic carbocycles. The summed E-state index contributed by atoms with van der Waals surface area (Å²) < 4.78 is 5.45. The maximum absolute atomic E-state index is 12.3. The van der Waals surface area contributed by atoms with Gasteiger partial charge >= 0.3 is 6.09 Å². The standard InChI is InChI=1S/C23H20ClN5O4/c24-21-18-19(28-29-22(18)27-11-26-21)20(31)17(30)9-25-23(32)33-10-16-14-7-3-1-5-12(14)13-6-2-4-8-15(13)16/h1-8,11,16-17,20,30-31H,9-10H2,(H,25,32)(H,26,27,28,29). The molecule has 0 spiro atoms. The predicted octanol–water partition coefficient (Wildman–Crippen LogP) is 2.94. The molecule has 1 aliphatic rings. The van der Waals surface area contributed by atoms with Crippen molar-refractivity contribution in [1.29, 1.82) is 0 Å². The number of fused-ring (bicyclic) bond motifs is 4. The van der Waals surface area contributed by atoms with Gasteiger partial charge in [0.25, 0.3) is 0 Å². The molecule has 0 aliphatic heterocycles. The SMILES string of the molecule is O=C(NCC(O)C(O)c1[nH]nc2ncnc(Cl)c12)OCC1c2ccccc2-c2ccccc21. The van der Waals surface area contributed by atoms with Crippen LogP contribution in [0.2, 0.25) is 5.15 Å². The summed E-state index contributed by atoms with van der Waals surface area (Å²) in [6.07, 6.45) is -2.19. The Morgan fingerprint density at radius 2 is 1.76 bits per heavy atom. The van der Waals surface area contributed by atoms with Crippen molar-refractivity contribution in [1.82, 2.24) is 25.5 Å². The average molecular weight is 466 g/mol. The molecule has 1 amide bonds. The van der Waals surface area contributed by atoms with E-state index in [4.69, 9.17) is 16.3 Å². The molecule has 5 rings (SSSR count). The Bertz CT molecular complexity index is 1280. The van der Waals surface area contributed by atoms with Crippen LogP contribution in [0.3, 0.4) is 0 Å². The van der Waals surface area contributed by atoms with Crippen molar-refractivity contribution in [2.45, 2.75) is 18.1 Å². The number of carbonyl (C=O) groups is 1. The van der Waals surface area contributed by atoms with E-state index in [0.717, 1.165) is 22.3 Å². The summed E-state index contributed by atoms with van der Waals surface area (Å²) in [5.41, 5.74) is 4.91. The molecule has 2 aromatic heterocycles.